The number of pyridine rings is 2. The third kappa shape index (κ3) is 3.44. The van der Waals surface area contributed by atoms with Crippen molar-refractivity contribution in [2.45, 2.75) is 19.3 Å². The van der Waals surface area contributed by atoms with E-state index in [-0.39, 0.29) is 0 Å². The van der Waals surface area contributed by atoms with Crippen molar-refractivity contribution in [2.24, 2.45) is 5.92 Å². The lowest BCUT2D eigenvalue weighted by molar-refractivity contribution is 0.193. The summed E-state index contributed by atoms with van der Waals surface area (Å²) in [5, 5.41) is 11.0. The highest BCUT2D eigenvalue weighted by atomic mass is 16.4. The van der Waals surface area contributed by atoms with E-state index in [0.717, 1.165) is 49.2 Å². The quantitative estimate of drug-likeness (QED) is 0.907. The van der Waals surface area contributed by atoms with Crippen molar-refractivity contribution in [3.8, 4) is 0 Å². The Balaban J connectivity index is 1.57. The second kappa shape index (κ2) is 6.60. The van der Waals surface area contributed by atoms with E-state index in [2.05, 4.69) is 20.2 Å². The molecule has 1 aliphatic rings. The highest BCUT2D eigenvalue weighted by Gasteiger charge is 2.20. The molecule has 2 aromatic rings. The van der Waals surface area contributed by atoms with Gasteiger partial charge in [0.25, 0.3) is 0 Å². The molecule has 0 bridgehead atoms. The van der Waals surface area contributed by atoms with Gasteiger partial charge in [0.15, 0.2) is 0 Å². The second-order valence-corrected chi connectivity index (χ2v) is 5.66. The molecule has 116 valence electrons. The summed E-state index contributed by atoms with van der Waals surface area (Å²) in [6, 6.07) is 7.93. The zero-order valence-electron chi connectivity index (χ0n) is 12.4. The molecular weight excluding hydrogens is 280 g/mol. The van der Waals surface area contributed by atoms with Crippen LogP contribution in [-0.2, 0) is 0 Å². The highest BCUT2D eigenvalue weighted by Crippen LogP contribution is 2.24. The van der Waals surface area contributed by atoms with Crippen LogP contribution in [0.4, 0.5) is 10.6 Å². The summed E-state index contributed by atoms with van der Waals surface area (Å²) in [5.74, 6) is 1.59. The molecule has 0 aliphatic carbocycles. The molecule has 2 aromatic heterocycles. The molecule has 1 aliphatic heterocycles. The van der Waals surface area contributed by atoms with Crippen LogP contribution < -0.4 is 10.2 Å². The van der Waals surface area contributed by atoms with Gasteiger partial charge in [-0.05, 0) is 49.4 Å². The van der Waals surface area contributed by atoms with Crippen LogP contribution in [-0.4, -0.2) is 40.8 Å². The number of carboxylic acid groups (broad SMARTS) is 1. The van der Waals surface area contributed by atoms with Crippen LogP contribution in [0.1, 0.15) is 19.3 Å². The summed E-state index contributed by atoms with van der Waals surface area (Å²) >= 11 is 0. The number of rotatable bonds is 4. The zero-order valence-corrected chi connectivity index (χ0v) is 12.4. The number of amides is 1. The maximum Gasteiger partial charge on any atom is 0.404 e. The minimum Gasteiger partial charge on any atom is -0.465 e. The van der Waals surface area contributed by atoms with Gasteiger partial charge in [0, 0.05) is 25.8 Å². The van der Waals surface area contributed by atoms with E-state index in [1.54, 1.807) is 6.20 Å². The van der Waals surface area contributed by atoms with Crippen molar-refractivity contribution < 1.29 is 9.90 Å². The molecule has 1 amide bonds. The van der Waals surface area contributed by atoms with Gasteiger partial charge < -0.3 is 15.3 Å². The van der Waals surface area contributed by atoms with Gasteiger partial charge in [0.2, 0.25) is 0 Å². The van der Waals surface area contributed by atoms with Crippen LogP contribution in [0.15, 0.2) is 30.5 Å². The molecule has 1 fully saturated rings. The van der Waals surface area contributed by atoms with Crippen molar-refractivity contribution in [2.75, 3.05) is 24.5 Å². The van der Waals surface area contributed by atoms with Gasteiger partial charge in [-0.2, -0.15) is 0 Å². The molecule has 3 heterocycles. The predicted molar refractivity (Wildman–Crippen MR) is 85.1 cm³/mol. The fourth-order valence-corrected chi connectivity index (χ4v) is 2.96. The highest BCUT2D eigenvalue weighted by molar-refractivity contribution is 5.75. The van der Waals surface area contributed by atoms with Gasteiger partial charge in [0.1, 0.15) is 5.82 Å². The van der Waals surface area contributed by atoms with Crippen LogP contribution in [0.25, 0.3) is 11.0 Å². The molecule has 0 radical (unpaired) electrons. The van der Waals surface area contributed by atoms with Gasteiger partial charge in [-0.25, -0.2) is 9.78 Å². The molecule has 0 aromatic carbocycles. The molecule has 6 heteroatoms. The van der Waals surface area contributed by atoms with Crippen LogP contribution in [0.5, 0.6) is 0 Å². The molecular formula is C16H20N4O2. The lowest BCUT2D eigenvalue weighted by atomic mass is 9.93. The Morgan fingerprint density at radius 1 is 1.27 bits per heavy atom. The molecule has 2 N–H and O–H groups in total. The molecule has 22 heavy (non-hydrogen) atoms. The number of carbonyl (C=O) groups is 1. The first-order valence-corrected chi connectivity index (χ1v) is 7.66. The molecule has 0 saturated carbocycles. The molecule has 1 saturated heterocycles. The average molecular weight is 300 g/mol. The number of piperidine rings is 1. The number of nitrogens with one attached hydrogen (secondary N) is 1. The van der Waals surface area contributed by atoms with E-state index in [1.165, 1.54) is 0 Å². The Labute approximate surface area is 129 Å². The van der Waals surface area contributed by atoms with Crippen molar-refractivity contribution in [3.05, 3.63) is 30.5 Å². The maximum absolute atomic E-state index is 10.5. The number of fused-ring (bicyclic) bond motifs is 1. The standard InChI is InChI=1S/C16H20N4O2/c21-16(22)18-9-5-12-6-10-20(11-7-12)15-4-3-13-14(19-15)2-1-8-17-13/h1-4,8,12,18H,5-7,9-11H2,(H,21,22). The Morgan fingerprint density at radius 3 is 2.86 bits per heavy atom. The first kappa shape index (κ1) is 14.6. The van der Waals surface area contributed by atoms with Gasteiger partial charge in [-0.15, -0.1) is 0 Å². The maximum atomic E-state index is 10.5. The first-order chi connectivity index (χ1) is 10.7. The topological polar surface area (TPSA) is 78.4 Å². The fourth-order valence-electron chi connectivity index (χ4n) is 2.96. The lowest BCUT2D eigenvalue weighted by Crippen LogP contribution is -2.35. The van der Waals surface area contributed by atoms with E-state index >= 15 is 0 Å². The van der Waals surface area contributed by atoms with Crippen molar-refractivity contribution in [3.63, 3.8) is 0 Å². The van der Waals surface area contributed by atoms with E-state index in [4.69, 9.17) is 5.11 Å². The van der Waals surface area contributed by atoms with Gasteiger partial charge in [0.05, 0.1) is 11.0 Å². The fraction of sp³-hybridized carbons (Fsp3) is 0.438. The van der Waals surface area contributed by atoms with Crippen LogP contribution in [0, 0.1) is 5.92 Å². The van der Waals surface area contributed by atoms with Crippen molar-refractivity contribution in [1.82, 2.24) is 15.3 Å². The Bertz CT molecular complexity index is 653. The SMILES string of the molecule is O=C(O)NCCC1CCN(c2ccc3ncccc3n2)CC1. The summed E-state index contributed by atoms with van der Waals surface area (Å²) in [6.45, 7) is 2.48. The summed E-state index contributed by atoms with van der Waals surface area (Å²) in [6.07, 6.45) is 3.91. The minimum atomic E-state index is -0.939. The first-order valence-electron chi connectivity index (χ1n) is 7.66. The van der Waals surface area contributed by atoms with E-state index < -0.39 is 6.09 Å². The van der Waals surface area contributed by atoms with E-state index in [0.29, 0.717) is 12.5 Å². The summed E-state index contributed by atoms with van der Waals surface area (Å²) in [7, 11) is 0. The van der Waals surface area contributed by atoms with Crippen molar-refractivity contribution >= 4 is 22.9 Å². The largest absolute Gasteiger partial charge is 0.465 e. The molecule has 0 atom stereocenters. The summed E-state index contributed by atoms with van der Waals surface area (Å²) in [5.41, 5.74) is 1.84. The monoisotopic (exact) mass is 300 g/mol. The molecule has 6 nitrogen and oxygen atoms in total. The lowest BCUT2D eigenvalue weighted by Gasteiger charge is -2.32. The predicted octanol–water partition coefficient (Wildman–Crippen LogP) is 2.50. The van der Waals surface area contributed by atoms with Crippen LogP contribution in [0.3, 0.4) is 0 Å². The average Bonchev–Trinajstić information content (AvgIpc) is 2.55. The van der Waals surface area contributed by atoms with Crippen LogP contribution >= 0.6 is 0 Å². The molecule has 3 rings (SSSR count). The second-order valence-electron chi connectivity index (χ2n) is 5.66. The third-order valence-electron chi connectivity index (χ3n) is 4.21. The van der Waals surface area contributed by atoms with E-state index in [9.17, 15) is 4.79 Å². The minimum absolute atomic E-state index is 0.542. The van der Waals surface area contributed by atoms with Gasteiger partial charge >= 0.3 is 6.09 Å². The number of hydrogen-bond donors (Lipinski definition) is 2. The Hall–Kier alpha value is -2.37. The number of nitrogens with zero attached hydrogens (tertiary/aromatic N) is 3. The Morgan fingerprint density at radius 2 is 2.09 bits per heavy atom. The van der Waals surface area contributed by atoms with Gasteiger partial charge in [-0.3, -0.25) is 4.98 Å². The van der Waals surface area contributed by atoms with Gasteiger partial charge in [-0.1, -0.05) is 0 Å². The summed E-state index contributed by atoms with van der Waals surface area (Å²) < 4.78 is 0. The number of anilines is 1. The van der Waals surface area contributed by atoms with E-state index in [1.807, 2.05) is 24.3 Å². The number of aromatic nitrogens is 2. The number of hydrogen-bond acceptors (Lipinski definition) is 4. The normalized spacial score (nSPS) is 15.9. The molecule has 0 spiro atoms. The third-order valence-corrected chi connectivity index (χ3v) is 4.21. The smallest absolute Gasteiger partial charge is 0.404 e. The summed E-state index contributed by atoms with van der Waals surface area (Å²) in [4.78, 5) is 21.7. The zero-order chi connectivity index (χ0) is 15.4. The van der Waals surface area contributed by atoms with Crippen LogP contribution in [0.2, 0.25) is 0 Å². The molecule has 0 unspecified atom stereocenters. The van der Waals surface area contributed by atoms with Crippen molar-refractivity contribution in [1.29, 1.82) is 0 Å². The Kier molecular flexibility index (Phi) is 4.37.